The third kappa shape index (κ3) is 3.86. The van der Waals surface area contributed by atoms with Crippen LogP contribution in [-0.4, -0.2) is 58.4 Å². The molecule has 0 aromatic carbocycles. The maximum absolute atomic E-state index is 12.8. The van der Waals surface area contributed by atoms with E-state index in [4.69, 9.17) is 10.2 Å². The van der Waals surface area contributed by atoms with E-state index >= 15 is 0 Å². The lowest BCUT2D eigenvalue weighted by Gasteiger charge is -2.21. The van der Waals surface area contributed by atoms with Crippen LogP contribution in [0.4, 0.5) is 13.2 Å². The van der Waals surface area contributed by atoms with Crippen molar-refractivity contribution in [3.8, 4) is 0 Å². The van der Waals surface area contributed by atoms with E-state index in [0.717, 1.165) is 22.0 Å². The van der Waals surface area contributed by atoms with E-state index in [2.05, 4.69) is 20.4 Å². The van der Waals surface area contributed by atoms with Crippen molar-refractivity contribution in [1.29, 1.82) is 0 Å². The van der Waals surface area contributed by atoms with E-state index in [-0.39, 0.29) is 15.7 Å². The summed E-state index contributed by atoms with van der Waals surface area (Å²) < 4.78 is 62.0. The second kappa shape index (κ2) is 6.80. The first-order valence-electron chi connectivity index (χ1n) is 6.23. The van der Waals surface area contributed by atoms with Gasteiger partial charge in [0.25, 0.3) is 0 Å². The molecule has 2 heterocycles. The van der Waals surface area contributed by atoms with Gasteiger partial charge in [0.2, 0.25) is 0 Å². The molecule has 0 atom stereocenters. The fraction of sp³-hybridized carbons (Fsp3) is 0.556. The number of alkyl halides is 3. The number of aromatic nitrogens is 6. The zero-order valence-electron chi connectivity index (χ0n) is 11.9. The molecule has 2 rings (SSSR count). The molecular weight excluding hydrogens is 359 g/mol. The van der Waals surface area contributed by atoms with Gasteiger partial charge in [0.15, 0.2) is 13.5 Å². The molecule has 0 radical (unpaired) electrons. The SMILES string of the molecule is O=S(=O)(N(Cc1cnn(CO)n1)Cc1cnn(CO)n1)C(F)(F)F. The minimum Gasteiger partial charge on any atom is -0.373 e. The topological polar surface area (TPSA) is 139 Å². The van der Waals surface area contributed by atoms with Crippen molar-refractivity contribution in [3.05, 3.63) is 23.8 Å². The van der Waals surface area contributed by atoms with Crippen LogP contribution in [0.5, 0.6) is 0 Å². The van der Waals surface area contributed by atoms with Gasteiger partial charge in [-0.05, 0) is 0 Å². The lowest BCUT2D eigenvalue weighted by Crippen LogP contribution is -2.40. The molecule has 0 aliphatic heterocycles. The highest BCUT2D eigenvalue weighted by atomic mass is 32.2. The third-order valence-corrected chi connectivity index (χ3v) is 4.25. The summed E-state index contributed by atoms with van der Waals surface area (Å²) in [6.07, 6.45) is 2.05. The lowest BCUT2D eigenvalue weighted by molar-refractivity contribution is -0.0494. The normalized spacial score (nSPS) is 12.9. The molecule has 134 valence electrons. The highest BCUT2D eigenvalue weighted by molar-refractivity contribution is 7.89. The van der Waals surface area contributed by atoms with Crippen LogP contribution < -0.4 is 0 Å². The molecule has 0 unspecified atom stereocenters. The maximum atomic E-state index is 12.8. The van der Waals surface area contributed by atoms with Crippen LogP contribution >= 0.6 is 0 Å². The number of nitrogens with zero attached hydrogens (tertiary/aromatic N) is 7. The molecule has 2 N–H and O–H groups in total. The Morgan fingerprint density at radius 1 is 1.00 bits per heavy atom. The summed E-state index contributed by atoms with van der Waals surface area (Å²) in [7, 11) is -5.68. The van der Waals surface area contributed by atoms with Gasteiger partial charge in [0.05, 0.1) is 36.9 Å². The minimum absolute atomic E-state index is 0.102. The second-order valence-corrected chi connectivity index (χ2v) is 6.35. The zero-order valence-corrected chi connectivity index (χ0v) is 12.7. The smallest absolute Gasteiger partial charge is 0.373 e. The van der Waals surface area contributed by atoms with Gasteiger partial charge in [0.1, 0.15) is 0 Å². The first-order valence-corrected chi connectivity index (χ1v) is 7.67. The highest BCUT2D eigenvalue weighted by Crippen LogP contribution is 2.28. The van der Waals surface area contributed by atoms with Crippen molar-refractivity contribution in [2.45, 2.75) is 32.1 Å². The predicted octanol–water partition coefficient (Wildman–Crippen LogP) is -1.38. The van der Waals surface area contributed by atoms with Crippen LogP contribution in [0.3, 0.4) is 0 Å². The number of aliphatic hydroxyl groups is 2. The van der Waals surface area contributed by atoms with Crippen molar-refractivity contribution in [3.63, 3.8) is 0 Å². The summed E-state index contributed by atoms with van der Waals surface area (Å²) in [5, 5.41) is 32.0. The summed E-state index contributed by atoms with van der Waals surface area (Å²) in [6.45, 7) is -2.71. The molecule has 24 heavy (non-hydrogen) atoms. The average Bonchev–Trinajstić information content (AvgIpc) is 3.14. The van der Waals surface area contributed by atoms with Gasteiger partial charge in [-0.3, -0.25) is 0 Å². The van der Waals surface area contributed by atoms with Crippen LogP contribution in [0.25, 0.3) is 0 Å². The Kier molecular flexibility index (Phi) is 5.16. The van der Waals surface area contributed by atoms with Gasteiger partial charge in [-0.2, -0.15) is 47.5 Å². The van der Waals surface area contributed by atoms with Crippen molar-refractivity contribution in [1.82, 2.24) is 34.3 Å². The fourth-order valence-corrected chi connectivity index (χ4v) is 2.58. The Bertz CT molecular complexity index is 743. The average molecular weight is 371 g/mol. The number of rotatable bonds is 7. The lowest BCUT2D eigenvalue weighted by atomic mass is 10.4. The van der Waals surface area contributed by atoms with Crippen LogP contribution in [-0.2, 0) is 36.6 Å². The van der Waals surface area contributed by atoms with Gasteiger partial charge in [-0.15, -0.1) is 0 Å². The van der Waals surface area contributed by atoms with E-state index in [1.165, 1.54) is 0 Å². The number of hydrogen-bond donors (Lipinski definition) is 2. The summed E-state index contributed by atoms with van der Waals surface area (Å²) in [6, 6.07) is 0. The monoisotopic (exact) mass is 371 g/mol. The first-order chi connectivity index (χ1) is 11.2. The van der Waals surface area contributed by atoms with Crippen molar-refractivity contribution >= 4 is 10.0 Å². The standard InChI is InChI=1S/C9H12F3N7O4S/c10-9(11,12)24(22,23)17(3-7-1-13-18(5-20)15-7)4-8-2-14-19(6-21)16-8/h1-2,20-21H,3-6H2. The summed E-state index contributed by atoms with van der Waals surface area (Å²) in [5.74, 6) is 0. The Labute approximate surface area is 133 Å². The molecule has 2 aromatic heterocycles. The molecule has 0 saturated heterocycles. The number of sulfonamides is 1. The van der Waals surface area contributed by atoms with Gasteiger partial charge < -0.3 is 10.2 Å². The Balaban J connectivity index is 2.30. The molecule has 0 saturated carbocycles. The van der Waals surface area contributed by atoms with E-state index < -0.39 is 42.1 Å². The van der Waals surface area contributed by atoms with Gasteiger partial charge in [0, 0.05) is 0 Å². The quantitative estimate of drug-likeness (QED) is 0.607. The van der Waals surface area contributed by atoms with E-state index in [1.54, 1.807) is 0 Å². The van der Waals surface area contributed by atoms with Gasteiger partial charge >= 0.3 is 15.5 Å². The third-order valence-electron chi connectivity index (χ3n) is 2.73. The second-order valence-electron chi connectivity index (χ2n) is 4.42. The van der Waals surface area contributed by atoms with E-state index in [0.29, 0.717) is 0 Å². The summed E-state index contributed by atoms with van der Waals surface area (Å²) >= 11 is 0. The molecule has 15 heteroatoms. The van der Waals surface area contributed by atoms with E-state index in [9.17, 15) is 21.6 Å². The molecule has 0 spiro atoms. The molecule has 0 bridgehead atoms. The zero-order chi connectivity index (χ0) is 18.0. The molecule has 0 fully saturated rings. The van der Waals surface area contributed by atoms with Crippen LogP contribution in [0.2, 0.25) is 0 Å². The van der Waals surface area contributed by atoms with Crippen LogP contribution in [0.15, 0.2) is 12.4 Å². The van der Waals surface area contributed by atoms with Crippen LogP contribution in [0, 0.1) is 0 Å². The highest BCUT2D eigenvalue weighted by Gasteiger charge is 2.50. The van der Waals surface area contributed by atoms with Crippen molar-refractivity contribution in [2.75, 3.05) is 0 Å². The van der Waals surface area contributed by atoms with E-state index in [1.807, 2.05) is 0 Å². The minimum atomic E-state index is -5.68. The van der Waals surface area contributed by atoms with Gasteiger partial charge in [-0.25, -0.2) is 8.42 Å². The largest absolute Gasteiger partial charge is 0.511 e. The summed E-state index contributed by atoms with van der Waals surface area (Å²) in [5.41, 5.74) is -5.73. The fourth-order valence-electron chi connectivity index (χ4n) is 1.68. The molecule has 0 aliphatic carbocycles. The number of hydrogen-bond acceptors (Lipinski definition) is 8. The molecule has 0 amide bonds. The molecular formula is C9H12F3N7O4S. The Hall–Kier alpha value is -2.10. The Morgan fingerprint density at radius 3 is 1.71 bits per heavy atom. The maximum Gasteiger partial charge on any atom is 0.511 e. The Morgan fingerprint density at radius 2 is 1.42 bits per heavy atom. The number of halogens is 3. The predicted molar refractivity (Wildman–Crippen MR) is 68.7 cm³/mol. The number of aliphatic hydroxyl groups excluding tert-OH is 2. The molecule has 2 aromatic rings. The van der Waals surface area contributed by atoms with Crippen molar-refractivity contribution in [2.24, 2.45) is 0 Å². The molecule has 11 nitrogen and oxygen atoms in total. The molecule has 0 aliphatic rings. The first kappa shape index (κ1) is 18.2. The summed E-state index contributed by atoms with van der Waals surface area (Å²) in [4.78, 5) is 1.55. The van der Waals surface area contributed by atoms with Crippen LogP contribution in [0.1, 0.15) is 11.4 Å². The van der Waals surface area contributed by atoms with Crippen molar-refractivity contribution < 1.29 is 31.8 Å². The van der Waals surface area contributed by atoms with Gasteiger partial charge in [-0.1, -0.05) is 0 Å².